The quantitative estimate of drug-likeness (QED) is 0.888. The number of aliphatic carboxylic acids is 1. The van der Waals surface area contributed by atoms with Gasteiger partial charge in [-0.25, -0.2) is 4.79 Å². The average Bonchev–Trinajstić information content (AvgIpc) is 2.59. The van der Waals surface area contributed by atoms with Crippen LogP contribution in [0.5, 0.6) is 5.75 Å². The summed E-state index contributed by atoms with van der Waals surface area (Å²) in [5.41, 5.74) is 1.49. The van der Waals surface area contributed by atoms with Gasteiger partial charge in [0.05, 0.1) is 5.57 Å². The number of halogens is 3. The van der Waals surface area contributed by atoms with Crippen LogP contribution in [0.15, 0.2) is 60.7 Å². The second kappa shape index (κ2) is 6.12. The Morgan fingerprint density at radius 2 is 1.76 bits per heavy atom. The molecule has 2 aromatic carbocycles. The first-order chi connectivity index (χ1) is 11.8. The van der Waals surface area contributed by atoms with Crippen molar-refractivity contribution in [1.82, 2.24) is 0 Å². The van der Waals surface area contributed by atoms with E-state index in [0.717, 1.165) is 11.6 Å². The summed E-state index contributed by atoms with van der Waals surface area (Å²) in [7, 11) is 0. The highest BCUT2D eigenvalue weighted by atomic mass is 19.4. The fourth-order valence-corrected chi connectivity index (χ4v) is 2.60. The molecule has 128 valence electrons. The zero-order valence-corrected chi connectivity index (χ0v) is 12.9. The van der Waals surface area contributed by atoms with Gasteiger partial charge < -0.3 is 9.84 Å². The van der Waals surface area contributed by atoms with E-state index in [4.69, 9.17) is 9.84 Å². The first-order valence-electron chi connectivity index (χ1n) is 7.34. The Hall–Kier alpha value is -3.02. The third-order valence-electron chi connectivity index (χ3n) is 3.87. The lowest BCUT2D eigenvalue weighted by Gasteiger charge is -2.27. The van der Waals surface area contributed by atoms with Crippen molar-refractivity contribution in [3.8, 4) is 5.75 Å². The molecule has 25 heavy (non-hydrogen) atoms. The molecule has 2 aromatic rings. The van der Waals surface area contributed by atoms with Crippen LogP contribution in [0, 0.1) is 0 Å². The van der Waals surface area contributed by atoms with E-state index < -0.39 is 23.8 Å². The van der Waals surface area contributed by atoms with Crippen LogP contribution in [0.2, 0.25) is 0 Å². The highest BCUT2D eigenvalue weighted by molar-refractivity contribution is 5.95. The van der Waals surface area contributed by atoms with E-state index in [0.29, 0.717) is 11.1 Å². The van der Waals surface area contributed by atoms with Crippen LogP contribution >= 0.6 is 0 Å². The van der Waals surface area contributed by atoms with E-state index in [1.165, 1.54) is 12.1 Å². The Morgan fingerprint density at radius 1 is 1.08 bits per heavy atom. The standard InChI is InChI=1S/C19H13F3O3/c1-11(12-5-3-2-4-6-12)13-7-8-14-9-15(18(23)24)17(19(20,21)22)25-16(14)10-13/h2-10,17H,1H2,(H,23,24). The lowest BCUT2D eigenvalue weighted by Crippen LogP contribution is -2.40. The molecule has 1 heterocycles. The molecule has 3 rings (SSSR count). The summed E-state index contributed by atoms with van der Waals surface area (Å²) in [6.07, 6.45) is -6.33. The normalized spacial score (nSPS) is 16.4. The lowest BCUT2D eigenvalue weighted by atomic mass is 9.95. The fraction of sp³-hybridized carbons (Fsp3) is 0.105. The zero-order valence-electron chi connectivity index (χ0n) is 12.9. The molecule has 3 nitrogen and oxygen atoms in total. The molecular weight excluding hydrogens is 333 g/mol. The van der Waals surface area contributed by atoms with Gasteiger partial charge in [0.25, 0.3) is 0 Å². The van der Waals surface area contributed by atoms with E-state index >= 15 is 0 Å². The van der Waals surface area contributed by atoms with Crippen LogP contribution in [-0.4, -0.2) is 23.4 Å². The summed E-state index contributed by atoms with van der Waals surface area (Å²) < 4.78 is 44.4. The van der Waals surface area contributed by atoms with Crippen molar-refractivity contribution in [2.75, 3.05) is 0 Å². The van der Waals surface area contributed by atoms with Crippen LogP contribution in [-0.2, 0) is 4.79 Å². The molecular formula is C19H13F3O3. The first-order valence-corrected chi connectivity index (χ1v) is 7.34. The van der Waals surface area contributed by atoms with Crippen molar-refractivity contribution < 1.29 is 27.8 Å². The van der Waals surface area contributed by atoms with Crippen LogP contribution in [0.3, 0.4) is 0 Å². The third kappa shape index (κ3) is 3.28. The number of ether oxygens (including phenoxy) is 1. The van der Waals surface area contributed by atoms with E-state index in [1.54, 1.807) is 6.07 Å². The maximum absolute atomic E-state index is 13.1. The molecule has 0 bridgehead atoms. The van der Waals surface area contributed by atoms with Gasteiger partial charge in [0.1, 0.15) is 5.75 Å². The van der Waals surface area contributed by atoms with Crippen LogP contribution < -0.4 is 4.74 Å². The average molecular weight is 346 g/mol. The van der Waals surface area contributed by atoms with E-state index in [2.05, 4.69) is 6.58 Å². The fourth-order valence-electron chi connectivity index (χ4n) is 2.60. The molecule has 1 aliphatic rings. The van der Waals surface area contributed by atoms with E-state index in [1.807, 2.05) is 30.3 Å². The molecule has 0 fully saturated rings. The van der Waals surface area contributed by atoms with Gasteiger partial charge in [-0.2, -0.15) is 13.2 Å². The van der Waals surface area contributed by atoms with Gasteiger partial charge in [0, 0.05) is 5.56 Å². The largest absolute Gasteiger partial charge is 0.478 e. The highest BCUT2D eigenvalue weighted by Gasteiger charge is 2.48. The molecule has 0 radical (unpaired) electrons. The van der Waals surface area contributed by atoms with Gasteiger partial charge in [-0.3, -0.25) is 0 Å². The molecule has 6 heteroatoms. The summed E-state index contributed by atoms with van der Waals surface area (Å²) >= 11 is 0. The second-order valence-corrected chi connectivity index (χ2v) is 5.54. The first kappa shape index (κ1) is 16.8. The Balaban J connectivity index is 2.02. The Bertz CT molecular complexity index is 867. The molecule has 0 saturated heterocycles. The summed E-state index contributed by atoms with van der Waals surface area (Å²) in [5, 5.41) is 9.03. The van der Waals surface area contributed by atoms with Gasteiger partial charge in [-0.15, -0.1) is 0 Å². The zero-order chi connectivity index (χ0) is 18.2. The number of carboxylic acid groups (broad SMARTS) is 1. The van der Waals surface area contributed by atoms with Crippen LogP contribution in [0.4, 0.5) is 13.2 Å². The van der Waals surface area contributed by atoms with Crippen molar-refractivity contribution in [1.29, 1.82) is 0 Å². The summed E-state index contributed by atoms with van der Waals surface area (Å²) in [6, 6.07) is 13.8. The van der Waals surface area contributed by atoms with Gasteiger partial charge in [0.2, 0.25) is 6.10 Å². The number of hydrogen-bond acceptors (Lipinski definition) is 2. The van der Waals surface area contributed by atoms with Crippen LogP contribution in [0.1, 0.15) is 16.7 Å². The monoisotopic (exact) mass is 346 g/mol. The Kier molecular flexibility index (Phi) is 4.12. The maximum atomic E-state index is 13.1. The molecule has 0 amide bonds. The summed E-state index contributed by atoms with van der Waals surface area (Å²) in [5.74, 6) is -1.69. The van der Waals surface area contributed by atoms with Crippen molar-refractivity contribution in [3.05, 3.63) is 77.4 Å². The molecule has 0 aromatic heterocycles. The number of fused-ring (bicyclic) bond motifs is 1. The minimum atomic E-state index is -4.83. The number of benzene rings is 2. The molecule has 0 saturated carbocycles. The van der Waals surface area contributed by atoms with Gasteiger partial charge in [-0.05, 0) is 28.8 Å². The number of carboxylic acids is 1. The molecule has 1 N–H and O–H groups in total. The minimum Gasteiger partial charge on any atom is -0.478 e. The molecule has 1 aliphatic heterocycles. The second-order valence-electron chi connectivity index (χ2n) is 5.54. The summed E-state index contributed by atoms with van der Waals surface area (Å²) in [6.45, 7) is 3.97. The number of alkyl halides is 3. The van der Waals surface area contributed by atoms with Crippen molar-refractivity contribution >= 4 is 17.6 Å². The van der Waals surface area contributed by atoms with E-state index in [9.17, 15) is 18.0 Å². The predicted octanol–water partition coefficient (Wildman–Crippen LogP) is 4.54. The Labute approximate surface area is 141 Å². The number of hydrogen-bond donors (Lipinski definition) is 1. The van der Waals surface area contributed by atoms with Crippen molar-refractivity contribution in [2.45, 2.75) is 12.3 Å². The number of rotatable bonds is 3. The van der Waals surface area contributed by atoms with Gasteiger partial charge in [-0.1, -0.05) is 49.0 Å². The highest BCUT2D eigenvalue weighted by Crippen LogP contribution is 2.38. The molecule has 1 atom stereocenters. The van der Waals surface area contributed by atoms with Gasteiger partial charge >= 0.3 is 12.1 Å². The minimum absolute atomic E-state index is 0.0260. The maximum Gasteiger partial charge on any atom is 0.430 e. The SMILES string of the molecule is C=C(c1ccccc1)c1ccc2c(c1)OC(C(F)(F)F)C(C(=O)O)=C2. The lowest BCUT2D eigenvalue weighted by molar-refractivity contribution is -0.187. The van der Waals surface area contributed by atoms with E-state index in [-0.39, 0.29) is 11.3 Å². The third-order valence-corrected chi connectivity index (χ3v) is 3.87. The smallest absolute Gasteiger partial charge is 0.430 e. The van der Waals surface area contributed by atoms with Crippen molar-refractivity contribution in [2.24, 2.45) is 0 Å². The summed E-state index contributed by atoms with van der Waals surface area (Å²) in [4.78, 5) is 11.1. The van der Waals surface area contributed by atoms with Crippen LogP contribution in [0.25, 0.3) is 11.6 Å². The molecule has 0 aliphatic carbocycles. The Morgan fingerprint density at radius 3 is 2.36 bits per heavy atom. The topological polar surface area (TPSA) is 46.5 Å². The van der Waals surface area contributed by atoms with Gasteiger partial charge in [0.15, 0.2) is 0 Å². The molecule has 0 spiro atoms. The predicted molar refractivity (Wildman–Crippen MR) is 87.1 cm³/mol. The number of carbonyl (C=O) groups is 1. The van der Waals surface area contributed by atoms with Crippen molar-refractivity contribution in [3.63, 3.8) is 0 Å². The molecule has 1 unspecified atom stereocenters.